The van der Waals surface area contributed by atoms with Crippen LogP contribution in [0.3, 0.4) is 0 Å². The van der Waals surface area contributed by atoms with E-state index in [-0.39, 0.29) is 23.0 Å². The first-order valence-electron chi connectivity index (χ1n) is 19.2. The summed E-state index contributed by atoms with van der Waals surface area (Å²) in [6.07, 6.45) is 3.02. The zero-order chi connectivity index (χ0) is 41.4. The summed E-state index contributed by atoms with van der Waals surface area (Å²) in [6.45, 7) is 30.8. The van der Waals surface area contributed by atoms with Crippen molar-refractivity contribution in [2.75, 3.05) is 18.8 Å². The van der Waals surface area contributed by atoms with Crippen LogP contribution in [0.5, 0.6) is 0 Å². The largest absolute Gasteiger partial charge is 0.397 e. The molecule has 54 heavy (non-hydrogen) atoms. The predicted octanol–water partition coefficient (Wildman–Crippen LogP) is 13.2. The van der Waals surface area contributed by atoms with Crippen LogP contribution in [0, 0.1) is 18.6 Å². The molecule has 0 fully saturated rings. The molecule has 0 aliphatic rings. The summed E-state index contributed by atoms with van der Waals surface area (Å²) in [5.74, 6) is -1.78. The maximum Gasteiger partial charge on any atom is 0.135 e. The van der Waals surface area contributed by atoms with Crippen molar-refractivity contribution in [1.82, 2.24) is 10.3 Å². The number of unbranched alkanes of at least 4 members (excludes halogenated alkanes) is 1. The summed E-state index contributed by atoms with van der Waals surface area (Å²) in [5.41, 5.74) is 17.8. The molecule has 0 aliphatic heterocycles. The first kappa shape index (κ1) is 49.3. The second-order valence-electron chi connectivity index (χ2n) is 12.0. The fourth-order valence-electron chi connectivity index (χ4n) is 5.43. The first-order chi connectivity index (χ1) is 26.0. The smallest absolute Gasteiger partial charge is 0.135 e. The molecule has 0 saturated heterocycles. The molecule has 0 aliphatic carbocycles. The van der Waals surface area contributed by atoms with Gasteiger partial charge in [-0.2, -0.15) is 0 Å². The molecular weight excluding hydrogens is 680 g/mol. The molecule has 1 heterocycles. The number of rotatable bonds is 13. The fraction of sp³-hybridized carbons (Fsp3) is 0.391. The molecule has 8 heteroatoms. The Morgan fingerprint density at radius 3 is 2.06 bits per heavy atom. The van der Waals surface area contributed by atoms with Gasteiger partial charge in [-0.25, -0.2) is 13.2 Å². The van der Waals surface area contributed by atoms with E-state index in [0.717, 1.165) is 65.5 Å². The van der Waals surface area contributed by atoms with Crippen LogP contribution in [0.2, 0.25) is 0 Å². The lowest BCUT2D eigenvalue weighted by Gasteiger charge is -2.24. The first-order valence-corrected chi connectivity index (χ1v) is 19.2. The van der Waals surface area contributed by atoms with Gasteiger partial charge in [0, 0.05) is 41.6 Å². The second-order valence-corrected chi connectivity index (χ2v) is 12.0. The number of hydrogen-bond donors (Lipinski definition) is 3. The van der Waals surface area contributed by atoms with E-state index in [2.05, 4.69) is 56.9 Å². The average molecular weight is 746 g/mol. The minimum absolute atomic E-state index is 0.0844. The summed E-state index contributed by atoms with van der Waals surface area (Å²) in [4.78, 5) is 9.48. The van der Waals surface area contributed by atoms with Gasteiger partial charge in [-0.05, 0) is 85.7 Å². The van der Waals surface area contributed by atoms with Crippen LogP contribution in [0.1, 0.15) is 133 Å². The summed E-state index contributed by atoms with van der Waals surface area (Å²) in [6, 6.07) is 19.7. The maximum absolute atomic E-state index is 15.4. The lowest BCUT2D eigenvalue weighted by atomic mass is 9.87. The lowest BCUT2D eigenvalue weighted by molar-refractivity contribution is 0.360. The molecule has 0 bridgehead atoms. The number of nitrogens with zero attached hydrogens (tertiary/aromatic N) is 2. The highest BCUT2D eigenvalue weighted by Gasteiger charge is 2.24. The number of halogens is 3. The Kier molecular flexibility index (Phi) is 24.6. The molecular formula is C46H66F3N5. The van der Waals surface area contributed by atoms with E-state index in [0.29, 0.717) is 23.6 Å². The van der Waals surface area contributed by atoms with E-state index < -0.39 is 17.8 Å². The molecule has 5 N–H and O–H groups in total. The molecule has 0 spiro atoms. The molecule has 0 radical (unpaired) electrons. The minimum atomic E-state index is -1.60. The third-order valence-electron chi connectivity index (χ3n) is 8.35. The zero-order valence-corrected chi connectivity index (χ0v) is 34.5. The molecule has 3 atom stereocenters. The van der Waals surface area contributed by atoms with E-state index in [4.69, 9.17) is 16.5 Å². The number of aromatic nitrogens is 1. The summed E-state index contributed by atoms with van der Waals surface area (Å²) >= 11 is 0. The van der Waals surface area contributed by atoms with E-state index in [9.17, 15) is 8.78 Å². The van der Waals surface area contributed by atoms with Crippen LogP contribution in [-0.4, -0.2) is 24.3 Å². The number of benzene rings is 3. The van der Waals surface area contributed by atoms with Crippen molar-refractivity contribution in [2.24, 2.45) is 10.7 Å². The molecule has 3 unspecified atom stereocenters. The number of pyridine rings is 1. The second kappa shape index (κ2) is 27.0. The highest BCUT2D eigenvalue weighted by Crippen LogP contribution is 2.37. The summed E-state index contributed by atoms with van der Waals surface area (Å²) in [5, 5.41) is 3.47. The zero-order valence-electron chi connectivity index (χ0n) is 34.5. The Labute approximate surface area is 324 Å². The monoisotopic (exact) mass is 746 g/mol. The molecule has 4 aromatic rings. The van der Waals surface area contributed by atoms with Gasteiger partial charge in [0.2, 0.25) is 0 Å². The average Bonchev–Trinajstić information content (AvgIpc) is 3.18. The Morgan fingerprint density at radius 2 is 1.52 bits per heavy atom. The normalized spacial score (nSPS) is 11.9. The SMILES string of the molecule is C=C.C=C(NCC(c1ccccc1)c1cc(C(C)CC)c(C)c(-c2cc(C(C)F)c(F)cc2F)n1)c1ccc(N=CCCC)c(N)c1.CC.CC.CCN. The van der Waals surface area contributed by atoms with Gasteiger partial charge < -0.3 is 16.8 Å². The number of nitrogens with two attached hydrogens (primary N) is 2. The number of anilines is 1. The highest BCUT2D eigenvalue weighted by molar-refractivity contribution is 5.75. The summed E-state index contributed by atoms with van der Waals surface area (Å²) in [7, 11) is 0. The number of nitrogens with one attached hydrogen (secondary N) is 1. The van der Waals surface area contributed by atoms with Gasteiger partial charge in [-0.3, -0.25) is 9.98 Å². The molecule has 1 aromatic heterocycles. The fourth-order valence-corrected chi connectivity index (χ4v) is 5.43. The van der Waals surface area contributed by atoms with E-state index in [1.807, 2.05) is 96.3 Å². The Hall–Kier alpha value is -4.69. The van der Waals surface area contributed by atoms with Gasteiger partial charge >= 0.3 is 0 Å². The van der Waals surface area contributed by atoms with Crippen molar-refractivity contribution >= 4 is 23.3 Å². The maximum atomic E-state index is 15.4. The van der Waals surface area contributed by atoms with Crippen molar-refractivity contribution < 1.29 is 13.2 Å². The number of aliphatic imine (C=N–C) groups is 1. The molecule has 3 aromatic carbocycles. The van der Waals surface area contributed by atoms with Crippen LogP contribution in [0.4, 0.5) is 24.5 Å². The van der Waals surface area contributed by atoms with Gasteiger partial charge in [0.05, 0.1) is 22.8 Å². The number of hydrogen-bond acceptors (Lipinski definition) is 5. The summed E-state index contributed by atoms with van der Waals surface area (Å²) < 4.78 is 44.2. The van der Waals surface area contributed by atoms with Crippen LogP contribution >= 0.6 is 0 Å². The molecule has 296 valence electrons. The lowest BCUT2D eigenvalue weighted by Crippen LogP contribution is -2.22. The standard InChI is InChI=1S/C38H43F3N4.C2H7N.2C2H6.C2H4/c1-7-9-17-43-36-16-15-28(18-35(36)42)26(6)44-22-32(27-13-11-10-12-14-27)37-20-29(23(3)8-2)24(4)38(45-37)31-19-30(25(5)39)33(40)21-34(31)41;1-2-3;3*1-2/h10-21,23,25,32,44H,6-9,22,42H2,1-5H3;2-3H2,1H3;2*1-2H3;1-2H2. The highest BCUT2D eigenvalue weighted by atomic mass is 19.1. The van der Waals surface area contributed by atoms with E-state index in [1.165, 1.54) is 13.0 Å². The predicted molar refractivity (Wildman–Crippen MR) is 230 cm³/mol. The van der Waals surface area contributed by atoms with Crippen molar-refractivity contribution in [3.8, 4) is 11.3 Å². The Bertz CT molecular complexity index is 1700. The van der Waals surface area contributed by atoms with Gasteiger partial charge in [-0.1, -0.05) is 105 Å². The molecule has 4 rings (SSSR count). The minimum Gasteiger partial charge on any atom is -0.397 e. The third kappa shape index (κ3) is 14.3. The van der Waals surface area contributed by atoms with Gasteiger partial charge in [0.25, 0.3) is 0 Å². The van der Waals surface area contributed by atoms with Crippen LogP contribution in [-0.2, 0) is 0 Å². The van der Waals surface area contributed by atoms with Crippen molar-refractivity contribution in [3.63, 3.8) is 0 Å². The Morgan fingerprint density at radius 1 is 0.907 bits per heavy atom. The Balaban J connectivity index is 0.00000288. The quantitative estimate of drug-likeness (QED) is 0.0722. The molecule has 0 saturated carbocycles. The van der Waals surface area contributed by atoms with Crippen LogP contribution < -0.4 is 16.8 Å². The topological polar surface area (TPSA) is 89.3 Å². The van der Waals surface area contributed by atoms with Crippen molar-refractivity contribution in [1.29, 1.82) is 0 Å². The van der Waals surface area contributed by atoms with Crippen LogP contribution in [0.25, 0.3) is 17.0 Å². The van der Waals surface area contributed by atoms with Gasteiger partial charge in [-0.15, -0.1) is 13.2 Å². The van der Waals surface area contributed by atoms with E-state index in [1.54, 1.807) is 0 Å². The van der Waals surface area contributed by atoms with Gasteiger partial charge in [0.1, 0.15) is 17.8 Å². The number of nitrogen functional groups attached to an aromatic ring is 1. The molecule has 0 amide bonds. The van der Waals surface area contributed by atoms with Crippen LogP contribution in [0.15, 0.2) is 91.5 Å². The molecule has 5 nitrogen and oxygen atoms in total. The van der Waals surface area contributed by atoms with E-state index >= 15 is 4.39 Å². The van der Waals surface area contributed by atoms with Gasteiger partial charge in [0.15, 0.2) is 0 Å². The third-order valence-corrected chi connectivity index (χ3v) is 8.35. The number of alkyl halides is 1. The van der Waals surface area contributed by atoms with Crippen molar-refractivity contribution in [2.45, 2.75) is 107 Å². The van der Waals surface area contributed by atoms with Crippen molar-refractivity contribution in [3.05, 3.63) is 132 Å².